The van der Waals surface area contributed by atoms with Crippen LogP contribution in [0.25, 0.3) is 0 Å². The minimum atomic E-state index is 0.544. The highest BCUT2D eigenvalue weighted by Gasteiger charge is 2.16. The summed E-state index contributed by atoms with van der Waals surface area (Å²) in [6, 6.07) is 7.81. The molecular formula is C16H23N3O. The van der Waals surface area contributed by atoms with Gasteiger partial charge in [-0.1, -0.05) is 24.3 Å². The van der Waals surface area contributed by atoms with E-state index < -0.39 is 0 Å². The van der Waals surface area contributed by atoms with Crippen molar-refractivity contribution >= 4 is 5.84 Å². The van der Waals surface area contributed by atoms with Gasteiger partial charge in [0.1, 0.15) is 18.2 Å². The summed E-state index contributed by atoms with van der Waals surface area (Å²) in [5, 5.41) is 11.8. The Kier molecular flexibility index (Phi) is 5.62. The molecule has 0 bridgehead atoms. The fraction of sp³-hybridized carbons (Fsp3) is 0.438. The number of para-hydroxylation sites is 1. The maximum atomic E-state index is 8.44. The number of hydrogen-bond acceptors (Lipinski definition) is 3. The molecule has 1 aliphatic rings. The lowest BCUT2D eigenvalue weighted by molar-refractivity contribution is 0.359. The Bertz CT molecular complexity index is 463. The first-order valence-corrected chi connectivity index (χ1v) is 7.20. The fourth-order valence-electron chi connectivity index (χ4n) is 2.26. The molecule has 2 N–H and O–H groups in total. The van der Waals surface area contributed by atoms with Crippen molar-refractivity contribution in [3.8, 4) is 5.75 Å². The predicted molar refractivity (Wildman–Crippen MR) is 82.6 cm³/mol. The summed E-state index contributed by atoms with van der Waals surface area (Å²) in [6.07, 6.45) is 5.01. The van der Waals surface area contributed by atoms with Crippen LogP contribution in [0.15, 0.2) is 36.4 Å². The molecule has 1 aromatic rings. The van der Waals surface area contributed by atoms with Crippen LogP contribution < -0.4 is 10.1 Å². The van der Waals surface area contributed by atoms with Gasteiger partial charge < -0.3 is 15.0 Å². The number of allylic oxidation sites excluding steroid dienone is 1. The Hall–Kier alpha value is -1.81. The van der Waals surface area contributed by atoms with E-state index in [1.54, 1.807) is 0 Å². The molecule has 108 valence electrons. The van der Waals surface area contributed by atoms with E-state index in [0.717, 1.165) is 43.9 Å². The van der Waals surface area contributed by atoms with Crippen LogP contribution >= 0.6 is 0 Å². The van der Waals surface area contributed by atoms with Gasteiger partial charge in [-0.25, -0.2) is 0 Å². The van der Waals surface area contributed by atoms with Crippen LogP contribution in [-0.4, -0.2) is 43.5 Å². The van der Waals surface area contributed by atoms with E-state index in [9.17, 15) is 0 Å². The molecule has 1 fully saturated rings. The van der Waals surface area contributed by atoms with Crippen molar-refractivity contribution in [2.45, 2.75) is 13.3 Å². The van der Waals surface area contributed by atoms with Gasteiger partial charge in [0, 0.05) is 19.6 Å². The normalized spacial score (nSPS) is 16.1. The highest BCUT2D eigenvalue weighted by Crippen LogP contribution is 2.20. The van der Waals surface area contributed by atoms with Gasteiger partial charge in [-0.05, 0) is 32.0 Å². The van der Waals surface area contributed by atoms with Gasteiger partial charge in [0.15, 0.2) is 0 Å². The Balaban J connectivity index is 2.11. The summed E-state index contributed by atoms with van der Waals surface area (Å²) in [4.78, 5) is 2.12. The Morgan fingerprint density at radius 3 is 3.05 bits per heavy atom. The summed E-state index contributed by atoms with van der Waals surface area (Å²) >= 11 is 0. The quantitative estimate of drug-likeness (QED) is 0.502. The van der Waals surface area contributed by atoms with Gasteiger partial charge in [0.05, 0.1) is 5.56 Å². The standard InChI is InChI=1S/C16H23N3O/c1-2-3-13-20-15-8-5-4-7-14(15)16(17)19-11-6-9-18-10-12-19/h2-5,7-8,17-18H,6,9-13H2,1H3/b3-2-,17-16?. The summed E-state index contributed by atoms with van der Waals surface area (Å²) < 4.78 is 5.75. The van der Waals surface area contributed by atoms with Crippen LogP contribution in [-0.2, 0) is 0 Å². The van der Waals surface area contributed by atoms with Crippen LogP contribution in [0, 0.1) is 5.41 Å². The highest BCUT2D eigenvalue weighted by atomic mass is 16.5. The third-order valence-corrected chi connectivity index (χ3v) is 3.37. The molecule has 1 aliphatic heterocycles. The number of hydrogen-bond donors (Lipinski definition) is 2. The van der Waals surface area contributed by atoms with Gasteiger partial charge in [-0.15, -0.1) is 0 Å². The van der Waals surface area contributed by atoms with Crippen molar-refractivity contribution < 1.29 is 4.74 Å². The van der Waals surface area contributed by atoms with E-state index in [1.165, 1.54) is 0 Å². The molecule has 0 unspecified atom stereocenters. The van der Waals surface area contributed by atoms with E-state index >= 15 is 0 Å². The molecular weight excluding hydrogens is 250 g/mol. The minimum Gasteiger partial charge on any atom is -0.489 e. The lowest BCUT2D eigenvalue weighted by Crippen LogP contribution is -2.34. The summed E-state index contributed by atoms with van der Waals surface area (Å²) in [5.41, 5.74) is 0.874. The molecule has 1 aromatic carbocycles. The van der Waals surface area contributed by atoms with Crippen molar-refractivity contribution in [2.24, 2.45) is 0 Å². The number of amidine groups is 1. The molecule has 1 saturated heterocycles. The second-order valence-electron chi connectivity index (χ2n) is 4.82. The zero-order valence-electron chi connectivity index (χ0n) is 12.1. The lowest BCUT2D eigenvalue weighted by Gasteiger charge is -2.24. The van der Waals surface area contributed by atoms with Crippen LogP contribution in [0.1, 0.15) is 18.9 Å². The first-order valence-electron chi connectivity index (χ1n) is 7.20. The average molecular weight is 273 g/mol. The molecule has 1 heterocycles. The van der Waals surface area contributed by atoms with Gasteiger partial charge in [-0.3, -0.25) is 5.41 Å². The molecule has 0 spiro atoms. The van der Waals surface area contributed by atoms with Crippen LogP contribution in [0.5, 0.6) is 5.75 Å². The molecule has 0 saturated carbocycles. The van der Waals surface area contributed by atoms with Crippen LogP contribution in [0.4, 0.5) is 0 Å². The number of nitrogens with one attached hydrogen (secondary N) is 2. The van der Waals surface area contributed by atoms with Crippen molar-refractivity contribution in [3.63, 3.8) is 0 Å². The molecule has 0 aliphatic carbocycles. The van der Waals surface area contributed by atoms with E-state index in [0.29, 0.717) is 12.4 Å². The van der Waals surface area contributed by atoms with E-state index in [-0.39, 0.29) is 0 Å². The third-order valence-electron chi connectivity index (χ3n) is 3.37. The highest BCUT2D eigenvalue weighted by molar-refractivity contribution is 5.98. The van der Waals surface area contributed by atoms with Gasteiger partial charge in [0.25, 0.3) is 0 Å². The first kappa shape index (κ1) is 14.6. The molecule has 0 amide bonds. The van der Waals surface area contributed by atoms with Crippen molar-refractivity contribution in [3.05, 3.63) is 42.0 Å². The van der Waals surface area contributed by atoms with Gasteiger partial charge in [0.2, 0.25) is 0 Å². The second kappa shape index (κ2) is 7.70. The largest absolute Gasteiger partial charge is 0.489 e. The van der Waals surface area contributed by atoms with Gasteiger partial charge >= 0.3 is 0 Å². The van der Waals surface area contributed by atoms with Crippen molar-refractivity contribution in [1.82, 2.24) is 10.2 Å². The molecule has 0 aromatic heterocycles. The second-order valence-corrected chi connectivity index (χ2v) is 4.82. The maximum absolute atomic E-state index is 8.44. The van der Waals surface area contributed by atoms with E-state index in [2.05, 4.69) is 10.2 Å². The Morgan fingerprint density at radius 1 is 1.35 bits per heavy atom. The number of nitrogens with zero attached hydrogens (tertiary/aromatic N) is 1. The minimum absolute atomic E-state index is 0.544. The Labute approximate surface area is 120 Å². The molecule has 20 heavy (non-hydrogen) atoms. The van der Waals surface area contributed by atoms with Crippen LogP contribution in [0.2, 0.25) is 0 Å². The first-order chi connectivity index (χ1) is 9.83. The average Bonchev–Trinajstić information content (AvgIpc) is 2.76. The summed E-state index contributed by atoms with van der Waals surface area (Å²) in [5.74, 6) is 1.34. The zero-order chi connectivity index (χ0) is 14.2. The fourth-order valence-corrected chi connectivity index (χ4v) is 2.26. The number of rotatable bonds is 4. The van der Waals surface area contributed by atoms with E-state index in [4.69, 9.17) is 10.1 Å². The Morgan fingerprint density at radius 2 is 2.20 bits per heavy atom. The van der Waals surface area contributed by atoms with Gasteiger partial charge in [-0.2, -0.15) is 0 Å². The number of ether oxygens (including phenoxy) is 1. The summed E-state index contributed by atoms with van der Waals surface area (Å²) in [6.45, 7) is 6.29. The predicted octanol–water partition coefficient (Wildman–Crippen LogP) is 2.26. The SMILES string of the molecule is C/C=C\COc1ccccc1C(=N)N1CCCNCC1. The molecule has 4 heteroatoms. The number of benzene rings is 1. The zero-order valence-corrected chi connectivity index (χ0v) is 12.1. The van der Waals surface area contributed by atoms with Crippen LogP contribution in [0.3, 0.4) is 0 Å². The monoisotopic (exact) mass is 273 g/mol. The topological polar surface area (TPSA) is 48.4 Å². The van der Waals surface area contributed by atoms with Crippen molar-refractivity contribution in [2.75, 3.05) is 32.8 Å². The third kappa shape index (κ3) is 3.84. The molecule has 2 rings (SSSR count). The van der Waals surface area contributed by atoms with Crippen molar-refractivity contribution in [1.29, 1.82) is 5.41 Å². The lowest BCUT2D eigenvalue weighted by atomic mass is 10.1. The smallest absolute Gasteiger partial charge is 0.131 e. The maximum Gasteiger partial charge on any atom is 0.131 e. The molecule has 0 radical (unpaired) electrons. The summed E-state index contributed by atoms with van der Waals surface area (Å²) in [7, 11) is 0. The molecule has 0 atom stereocenters. The molecule has 4 nitrogen and oxygen atoms in total. The van der Waals surface area contributed by atoms with E-state index in [1.807, 2.05) is 43.3 Å².